The first-order chi connectivity index (χ1) is 7.61. The van der Waals surface area contributed by atoms with Gasteiger partial charge < -0.3 is 15.8 Å². The van der Waals surface area contributed by atoms with Crippen molar-refractivity contribution in [1.29, 1.82) is 0 Å². The van der Waals surface area contributed by atoms with Gasteiger partial charge in [0.05, 0.1) is 0 Å². The third-order valence-electron chi connectivity index (χ3n) is 2.22. The third-order valence-corrected chi connectivity index (χ3v) is 2.22. The van der Waals surface area contributed by atoms with Crippen LogP contribution in [0.15, 0.2) is 29.4 Å². The molecule has 0 heterocycles. The van der Waals surface area contributed by atoms with Crippen LogP contribution >= 0.6 is 0 Å². The van der Waals surface area contributed by atoms with Gasteiger partial charge in [0.1, 0.15) is 11.7 Å². The lowest BCUT2D eigenvalue weighted by atomic mass is 10.2. The van der Waals surface area contributed by atoms with E-state index in [9.17, 15) is 4.39 Å². The summed E-state index contributed by atoms with van der Waals surface area (Å²) in [5.74, 6) is -0.0339. The van der Waals surface area contributed by atoms with Crippen molar-refractivity contribution in [3.05, 3.63) is 35.6 Å². The largest absolute Gasteiger partial charge is 0.409 e. The van der Waals surface area contributed by atoms with Gasteiger partial charge >= 0.3 is 0 Å². The molecule has 0 atom stereocenters. The molecule has 0 aromatic heterocycles. The molecule has 5 heteroatoms. The van der Waals surface area contributed by atoms with Crippen LogP contribution in [0.5, 0.6) is 0 Å². The minimum Gasteiger partial charge on any atom is -0.409 e. The molecular weight excluding hydrogens is 209 g/mol. The Morgan fingerprint density at radius 3 is 2.94 bits per heavy atom. The molecule has 1 aromatic rings. The average molecular weight is 225 g/mol. The minimum atomic E-state index is -0.234. The second kappa shape index (κ2) is 6.07. The van der Waals surface area contributed by atoms with Crippen LogP contribution in [0, 0.1) is 5.82 Å². The third kappa shape index (κ3) is 4.27. The van der Waals surface area contributed by atoms with Crippen molar-refractivity contribution in [1.82, 2.24) is 4.90 Å². The van der Waals surface area contributed by atoms with Crippen LogP contribution in [-0.2, 0) is 6.54 Å². The molecule has 3 N–H and O–H groups in total. The van der Waals surface area contributed by atoms with Crippen molar-refractivity contribution in [2.24, 2.45) is 10.9 Å². The summed E-state index contributed by atoms with van der Waals surface area (Å²) in [4.78, 5) is 1.98. The van der Waals surface area contributed by atoms with Crippen molar-refractivity contribution in [2.45, 2.75) is 13.0 Å². The van der Waals surface area contributed by atoms with Crippen LogP contribution in [0.4, 0.5) is 4.39 Å². The zero-order valence-electron chi connectivity index (χ0n) is 9.23. The average Bonchev–Trinajstić information content (AvgIpc) is 2.26. The molecule has 0 amide bonds. The molecule has 88 valence electrons. The second-order valence-electron chi connectivity index (χ2n) is 3.71. The highest BCUT2D eigenvalue weighted by Crippen LogP contribution is 2.06. The van der Waals surface area contributed by atoms with Crippen LogP contribution in [0.3, 0.4) is 0 Å². The summed E-state index contributed by atoms with van der Waals surface area (Å²) >= 11 is 0. The van der Waals surface area contributed by atoms with E-state index in [2.05, 4.69) is 5.16 Å². The fourth-order valence-corrected chi connectivity index (χ4v) is 1.38. The van der Waals surface area contributed by atoms with E-state index in [1.165, 1.54) is 12.1 Å². The first-order valence-electron chi connectivity index (χ1n) is 5.01. The van der Waals surface area contributed by atoms with Gasteiger partial charge in [-0.25, -0.2) is 4.39 Å². The lowest BCUT2D eigenvalue weighted by Crippen LogP contribution is -2.24. The van der Waals surface area contributed by atoms with Gasteiger partial charge in [-0.1, -0.05) is 17.3 Å². The van der Waals surface area contributed by atoms with Gasteiger partial charge in [-0.3, -0.25) is 0 Å². The van der Waals surface area contributed by atoms with Crippen molar-refractivity contribution in [3.8, 4) is 0 Å². The summed E-state index contributed by atoms with van der Waals surface area (Å²) in [6.45, 7) is 1.29. The Labute approximate surface area is 94.2 Å². The summed E-state index contributed by atoms with van der Waals surface area (Å²) in [5.41, 5.74) is 6.26. The molecule has 0 spiro atoms. The fraction of sp³-hybridized carbons (Fsp3) is 0.364. The van der Waals surface area contributed by atoms with E-state index in [-0.39, 0.29) is 11.7 Å². The number of benzene rings is 1. The smallest absolute Gasteiger partial charge is 0.140 e. The molecule has 0 radical (unpaired) electrons. The number of nitrogens with zero attached hydrogens (tertiary/aromatic N) is 2. The van der Waals surface area contributed by atoms with Crippen LogP contribution in [0.2, 0.25) is 0 Å². The molecule has 4 nitrogen and oxygen atoms in total. The summed E-state index contributed by atoms with van der Waals surface area (Å²) in [6, 6.07) is 6.46. The number of hydrogen-bond donors (Lipinski definition) is 2. The highest BCUT2D eigenvalue weighted by atomic mass is 19.1. The first kappa shape index (κ1) is 12.4. The zero-order chi connectivity index (χ0) is 12.0. The second-order valence-corrected chi connectivity index (χ2v) is 3.71. The van der Waals surface area contributed by atoms with Gasteiger partial charge in [0.15, 0.2) is 0 Å². The molecule has 1 aromatic carbocycles. The van der Waals surface area contributed by atoms with Gasteiger partial charge in [-0.05, 0) is 24.7 Å². The van der Waals surface area contributed by atoms with E-state index < -0.39 is 0 Å². The van der Waals surface area contributed by atoms with Gasteiger partial charge in [-0.2, -0.15) is 0 Å². The topological polar surface area (TPSA) is 61.8 Å². The first-order valence-corrected chi connectivity index (χ1v) is 5.01. The molecule has 0 aliphatic rings. The van der Waals surface area contributed by atoms with E-state index in [0.29, 0.717) is 19.5 Å². The zero-order valence-corrected chi connectivity index (χ0v) is 9.23. The SMILES string of the molecule is CN(CC/C(N)=N/O)Cc1cccc(F)c1. The van der Waals surface area contributed by atoms with Crippen molar-refractivity contribution >= 4 is 5.84 Å². The molecule has 0 aliphatic heterocycles. The lowest BCUT2D eigenvalue weighted by molar-refractivity contribution is 0.309. The summed E-state index contributed by atoms with van der Waals surface area (Å²) in [5, 5.41) is 11.3. The number of oxime groups is 1. The lowest BCUT2D eigenvalue weighted by Gasteiger charge is -2.16. The molecule has 0 fully saturated rings. The highest BCUT2D eigenvalue weighted by Gasteiger charge is 2.02. The monoisotopic (exact) mass is 225 g/mol. The summed E-state index contributed by atoms with van der Waals surface area (Å²) < 4.78 is 12.9. The maximum Gasteiger partial charge on any atom is 0.140 e. The van der Waals surface area contributed by atoms with Crippen LogP contribution in [0.25, 0.3) is 0 Å². The van der Waals surface area contributed by atoms with Gasteiger partial charge in [0, 0.05) is 19.5 Å². The summed E-state index contributed by atoms with van der Waals surface area (Å²) in [7, 11) is 1.90. The van der Waals surface area contributed by atoms with Gasteiger partial charge in [-0.15, -0.1) is 0 Å². The Morgan fingerprint density at radius 1 is 1.56 bits per heavy atom. The molecule has 0 saturated carbocycles. The normalized spacial score (nSPS) is 12.1. The number of hydrogen-bond acceptors (Lipinski definition) is 3. The Morgan fingerprint density at radius 2 is 2.31 bits per heavy atom. The fourth-order valence-electron chi connectivity index (χ4n) is 1.38. The van der Waals surface area contributed by atoms with E-state index in [1.54, 1.807) is 6.07 Å². The molecule has 0 unspecified atom stereocenters. The minimum absolute atomic E-state index is 0.200. The quantitative estimate of drug-likeness (QED) is 0.344. The predicted octanol–water partition coefficient (Wildman–Crippen LogP) is 1.39. The molecule has 0 bridgehead atoms. The Bertz CT molecular complexity index is 368. The molecule has 0 saturated heterocycles. The van der Waals surface area contributed by atoms with Crippen LogP contribution in [-0.4, -0.2) is 29.5 Å². The van der Waals surface area contributed by atoms with Gasteiger partial charge in [0.25, 0.3) is 0 Å². The van der Waals surface area contributed by atoms with Gasteiger partial charge in [0.2, 0.25) is 0 Å². The molecule has 0 aliphatic carbocycles. The highest BCUT2D eigenvalue weighted by molar-refractivity contribution is 5.79. The van der Waals surface area contributed by atoms with Crippen molar-refractivity contribution < 1.29 is 9.60 Å². The molecule has 1 rings (SSSR count). The number of halogens is 1. The molecule has 16 heavy (non-hydrogen) atoms. The Kier molecular flexibility index (Phi) is 4.72. The van der Waals surface area contributed by atoms with E-state index in [1.807, 2.05) is 18.0 Å². The van der Waals surface area contributed by atoms with Crippen molar-refractivity contribution in [3.63, 3.8) is 0 Å². The maximum absolute atomic E-state index is 12.9. The Balaban J connectivity index is 2.42. The standard InChI is InChI=1S/C11H16FN3O/c1-15(6-5-11(13)14-16)8-9-3-2-4-10(12)7-9/h2-4,7,16H,5-6,8H2,1H3,(H2,13,14). The number of rotatable bonds is 5. The molecular formula is C11H16FN3O. The van der Waals surface area contributed by atoms with Crippen LogP contribution < -0.4 is 5.73 Å². The van der Waals surface area contributed by atoms with E-state index in [4.69, 9.17) is 10.9 Å². The van der Waals surface area contributed by atoms with E-state index in [0.717, 1.165) is 5.56 Å². The van der Waals surface area contributed by atoms with Crippen molar-refractivity contribution in [2.75, 3.05) is 13.6 Å². The maximum atomic E-state index is 12.9. The number of amidine groups is 1. The Hall–Kier alpha value is -1.62. The summed E-state index contributed by atoms with van der Waals surface area (Å²) in [6.07, 6.45) is 0.488. The predicted molar refractivity (Wildman–Crippen MR) is 60.8 cm³/mol. The van der Waals surface area contributed by atoms with Crippen LogP contribution in [0.1, 0.15) is 12.0 Å². The number of nitrogens with two attached hydrogens (primary N) is 1. The van der Waals surface area contributed by atoms with E-state index >= 15 is 0 Å².